The molecular formula is C15H15ClN2O2. The first-order chi connectivity index (χ1) is 9.52. The average molecular weight is 291 g/mol. The number of aromatic hydroxyl groups is 1. The number of hydrogen-bond donors (Lipinski definition) is 1. The summed E-state index contributed by atoms with van der Waals surface area (Å²) >= 11 is 5.94. The van der Waals surface area contributed by atoms with E-state index < -0.39 is 0 Å². The molecule has 0 saturated carbocycles. The number of phenols is 1. The molecule has 20 heavy (non-hydrogen) atoms. The molecule has 5 heteroatoms. The van der Waals surface area contributed by atoms with Gasteiger partial charge in [0.25, 0.3) is 5.91 Å². The molecule has 0 aliphatic heterocycles. The van der Waals surface area contributed by atoms with Gasteiger partial charge in [0.05, 0.1) is 11.6 Å². The van der Waals surface area contributed by atoms with Crippen molar-refractivity contribution >= 4 is 17.5 Å². The zero-order valence-electron chi connectivity index (χ0n) is 11.2. The van der Waals surface area contributed by atoms with E-state index in [-0.39, 0.29) is 22.9 Å². The fraction of sp³-hybridized carbons (Fsp3) is 0.200. The number of carbonyl (C=O) groups is 1. The van der Waals surface area contributed by atoms with Crippen LogP contribution in [-0.4, -0.2) is 27.9 Å². The Bertz CT molecular complexity index is 631. The molecule has 1 atom stereocenters. The number of benzene rings is 1. The zero-order chi connectivity index (χ0) is 14.7. The van der Waals surface area contributed by atoms with Gasteiger partial charge < -0.3 is 10.0 Å². The standard InChI is InChI=1S/C15H15ClN2O2/c1-10(11-6-3-4-8-13(11)19)18(2)15(20)12-7-5-9-17-14(12)16/h3-10,19H,1-2H3. The number of carbonyl (C=O) groups excluding carboxylic acids is 1. The van der Waals surface area contributed by atoms with E-state index in [4.69, 9.17) is 11.6 Å². The topological polar surface area (TPSA) is 53.4 Å². The molecule has 2 rings (SSSR count). The minimum atomic E-state index is -0.278. The molecule has 0 bridgehead atoms. The highest BCUT2D eigenvalue weighted by molar-refractivity contribution is 6.32. The van der Waals surface area contributed by atoms with E-state index in [1.807, 2.05) is 13.0 Å². The number of nitrogens with zero attached hydrogens (tertiary/aromatic N) is 2. The second kappa shape index (κ2) is 5.92. The molecule has 104 valence electrons. The second-order valence-electron chi connectivity index (χ2n) is 4.49. The first-order valence-electron chi connectivity index (χ1n) is 6.18. The number of aromatic nitrogens is 1. The summed E-state index contributed by atoms with van der Waals surface area (Å²) in [5.74, 6) is -0.0733. The summed E-state index contributed by atoms with van der Waals surface area (Å²) in [5.41, 5.74) is 1.03. The van der Waals surface area contributed by atoms with E-state index in [0.717, 1.165) is 0 Å². The lowest BCUT2D eigenvalue weighted by Crippen LogP contribution is -2.30. The molecule has 0 spiro atoms. The molecule has 1 amide bonds. The first kappa shape index (κ1) is 14.3. The molecule has 1 aromatic heterocycles. The molecule has 1 aromatic carbocycles. The SMILES string of the molecule is CC(c1ccccc1O)N(C)C(=O)c1cccnc1Cl. The number of para-hydroxylation sites is 1. The van der Waals surface area contributed by atoms with E-state index >= 15 is 0 Å². The normalized spacial score (nSPS) is 11.9. The van der Waals surface area contributed by atoms with Gasteiger partial charge in [-0.15, -0.1) is 0 Å². The van der Waals surface area contributed by atoms with Crippen LogP contribution in [0.2, 0.25) is 5.15 Å². The minimum absolute atomic E-state index is 0.164. The van der Waals surface area contributed by atoms with E-state index in [0.29, 0.717) is 11.1 Å². The van der Waals surface area contributed by atoms with Crippen LogP contribution in [0.25, 0.3) is 0 Å². The maximum Gasteiger partial charge on any atom is 0.257 e. The van der Waals surface area contributed by atoms with Crippen LogP contribution < -0.4 is 0 Å². The minimum Gasteiger partial charge on any atom is -0.508 e. The van der Waals surface area contributed by atoms with E-state index in [9.17, 15) is 9.90 Å². The van der Waals surface area contributed by atoms with E-state index in [1.54, 1.807) is 37.4 Å². The zero-order valence-corrected chi connectivity index (χ0v) is 12.0. The van der Waals surface area contributed by atoms with Crippen molar-refractivity contribution in [3.63, 3.8) is 0 Å². The van der Waals surface area contributed by atoms with Gasteiger partial charge >= 0.3 is 0 Å². The Morgan fingerprint density at radius 3 is 2.65 bits per heavy atom. The van der Waals surface area contributed by atoms with E-state index in [1.165, 1.54) is 11.1 Å². The monoisotopic (exact) mass is 290 g/mol. The van der Waals surface area contributed by atoms with E-state index in [2.05, 4.69) is 4.98 Å². The third-order valence-electron chi connectivity index (χ3n) is 3.28. The summed E-state index contributed by atoms with van der Waals surface area (Å²) in [5, 5.41) is 10.0. The van der Waals surface area contributed by atoms with Crippen LogP contribution in [0.15, 0.2) is 42.6 Å². The van der Waals surface area contributed by atoms with Gasteiger partial charge in [-0.1, -0.05) is 29.8 Å². The maximum atomic E-state index is 12.4. The van der Waals surface area contributed by atoms with Crippen LogP contribution in [0, 0.1) is 0 Å². The molecule has 1 unspecified atom stereocenters. The Morgan fingerprint density at radius 2 is 2.00 bits per heavy atom. The predicted molar refractivity (Wildman–Crippen MR) is 77.9 cm³/mol. The molecular weight excluding hydrogens is 276 g/mol. The Kier molecular flexibility index (Phi) is 4.25. The number of amides is 1. The smallest absolute Gasteiger partial charge is 0.257 e. The van der Waals surface area contributed by atoms with Crippen LogP contribution in [-0.2, 0) is 0 Å². The molecule has 0 radical (unpaired) electrons. The van der Waals surface area contributed by atoms with Crippen molar-refractivity contribution in [2.75, 3.05) is 7.05 Å². The molecule has 2 aromatic rings. The van der Waals surface area contributed by atoms with Gasteiger partial charge in [0, 0.05) is 18.8 Å². The van der Waals surface area contributed by atoms with Crippen molar-refractivity contribution in [1.29, 1.82) is 0 Å². The number of hydrogen-bond acceptors (Lipinski definition) is 3. The van der Waals surface area contributed by atoms with Crippen molar-refractivity contribution in [3.05, 3.63) is 58.9 Å². The Balaban J connectivity index is 2.28. The summed E-state index contributed by atoms with van der Waals surface area (Å²) in [7, 11) is 1.67. The largest absolute Gasteiger partial charge is 0.508 e. The molecule has 0 aliphatic carbocycles. The van der Waals surface area contributed by atoms with Crippen LogP contribution in [0.4, 0.5) is 0 Å². The summed E-state index contributed by atoms with van der Waals surface area (Å²) in [4.78, 5) is 17.8. The fourth-order valence-electron chi connectivity index (χ4n) is 1.96. The fourth-order valence-corrected chi connectivity index (χ4v) is 2.16. The predicted octanol–water partition coefficient (Wildman–Crippen LogP) is 3.27. The molecule has 1 N–H and O–H groups in total. The molecule has 4 nitrogen and oxygen atoms in total. The lowest BCUT2D eigenvalue weighted by Gasteiger charge is -2.26. The van der Waals surface area contributed by atoms with Crippen molar-refractivity contribution in [1.82, 2.24) is 9.88 Å². The summed E-state index contributed by atoms with van der Waals surface area (Å²) < 4.78 is 0. The second-order valence-corrected chi connectivity index (χ2v) is 4.85. The molecule has 0 saturated heterocycles. The highest BCUT2D eigenvalue weighted by Crippen LogP contribution is 2.28. The molecule has 0 fully saturated rings. The third kappa shape index (κ3) is 2.75. The quantitative estimate of drug-likeness (QED) is 0.883. The van der Waals surface area contributed by atoms with Crippen LogP contribution in [0.3, 0.4) is 0 Å². The Labute approximate surface area is 122 Å². The lowest BCUT2D eigenvalue weighted by molar-refractivity contribution is 0.0741. The highest BCUT2D eigenvalue weighted by atomic mass is 35.5. The van der Waals surface area contributed by atoms with Gasteiger partial charge in [-0.05, 0) is 25.1 Å². The van der Waals surface area contributed by atoms with Gasteiger partial charge in [0.1, 0.15) is 10.9 Å². The van der Waals surface area contributed by atoms with Crippen LogP contribution >= 0.6 is 11.6 Å². The lowest BCUT2D eigenvalue weighted by atomic mass is 10.1. The van der Waals surface area contributed by atoms with Gasteiger partial charge in [-0.3, -0.25) is 4.79 Å². The maximum absolute atomic E-state index is 12.4. The molecule has 0 aliphatic rings. The number of halogens is 1. The average Bonchev–Trinajstić information content (AvgIpc) is 2.46. The Morgan fingerprint density at radius 1 is 1.30 bits per heavy atom. The van der Waals surface area contributed by atoms with Crippen molar-refractivity contribution < 1.29 is 9.90 Å². The van der Waals surface area contributed by atoms with Gasteiger partial charge in [-0.2, -0.15) is 0 Å². The first-order valence-corrected chi connectivity index (χ1v) is 6.55. The third-order valence-corrected chi connectivity index (χ3v) is 3.58. The van der Waals surface area contributed by atoms with Gasteiger partial charge in [0.2, 0.25) is 0 Å². The number of pyridine rings is 1. The summed E-state index contributed by atoms with van der Waals surface area (Å²) in [6.45, 7) is 1.84. The van der Waals surface area contributed by atoms with Crippen molar-refractivity contribution in [2.24, 2.45) is 0 Å². The van der Waals surface area contributed by atoms with Gasteiger partial charge in [0.15, 0.2) is 0 Å². The highest BCUT2D eigenvalue weighted by Gasteiger charge is 2.22. The Hall–Kier alpha value is -2.07. The summed E-state index contributed by atoms with van der Waals surface area (Å²) in [6.07, 6.45) is 1.53. The van der Waals surface area contributed by atoms with Crippen molar-refractivity contribution in [2.45, 2.75) is 13.0 Å². The van der Waals surface area contributed by atoms with Crippen molar-refractivity contribution in [3.8, 4) is 5.75 Å². The van der Waals surface area contributed by atoms with Crippen LogP contribution in [0.5, 0.6) is 5.75 Å². The van der Waals surface area contributed by atoms with Gasteiger partial charge in [-0.25, -0.2) is 4.98 Å². The number of rotatable bonds is 3. The van der Waals surface area contributed by atoms with Crippen LogP contribution in [0.1, 0.15) is 28.9 Å². The number of phenolic OH excluding ortho intramolecular Hbond substituents is 1. The summed E-state index contributed by atoms with van der Waals surface area (Å²) in [6, 6.07) is 9.96. The molecule has 1 heterocycles.